The molecule has 10 heteroatoms. The van der Waals surface area contributed by atoms with E-state index in [1.54, 1.807) is 0 Å². The minimum atomic E-state index is -0.828. The van der Waals surface area contributed by atoms with Gasteiger partial charge in [-0.05, 0) is 20.2 Å². The molecule has 0 fully saturated rings. The molecule has 2 aromatic rings. The van der Waals surface area contributed by atoms with E-state index in [-0.39, 0.29) is 40.2 Å². The average molecular weight is 399 g/mol. The van der Waals surface area contributed by atoms with Gasteiger partial charge in [0.2, 0.25) is 23.2 Å². The molecule has 0 saturated carbocycles. The van der Waals surface area contributed by atoms with Crippen LogP contribution in [0.5, 0.6) is 0 Å². The Labute approximate surface area is 157 Å². The van der Waals surface area contributed by atoms with Gasteiger partial charge in [0.1, 0.15) is 5.15 Å². The molecule has 3 rings (SSSR count). The highest BCUT2D eigenvalue weighted by atomic mass is 35.5. The second-order valence-electron chi connectivity index (χ2n) is 5.86. The topological polar surface area (TPSA) is 88.7 Å². The van der Waals surface area contributed by atoms with Crippen LogP contribution >= 0.6 is 23.2 Å². The third-order valence-corrected chi connectivity index (χ3v) is 4.21. The summed E-state index contributed by atoms with van der Waals surface area (Å²) in [6, 6.07) is 0.982. The number of oxazole rings is 1. The summed E-state index contributed by atoms with van der Waals surface area (Å²) in [7, 11) is 3.75. The zero-order valence-corrected chi connectivity index (χ0v) is 15.4. The van der Waals surface area contributed by atoms with Crippen LogP contribution in [0, 0.1) is 5.82 Å². The summed E-state index contributed by atoms with van der Waals surface area (Å²) in [5.41, 5.74) is -0.0448. The van der Waals surface area contributed by atoms with E-state index in [4.69, 9.17) is 27.6 Å². The van der Waals surface area contributed by atoms with E-state index in [0.29, 0.717) is 13.1 Å². The van der Waals surface area contributed by atoms with Crippen LogP contribution in [0.1, 0.15) is 27.5 Å². The van der Waals surface area contributed by atoms with E-state index in [0.717, 1.165) is 6.07 Å². The Bertz CT molecular complexity index is 940. The molecule has 2 heterocycles. The molecular formula is C16H13Cl2FN4O3. The molecule has 1 aliphatic rings. The smallest absolute Gasteiger partial charge is 0.230 e. The number of pyridine rings is 1. The Balaban J connectivity index is 1.98. The van der Waals surface area contributed by atoms with Gasteiger partial charge in [0.05, 0.1) is 24.2 Å². The highest BCUT2D eigenvalue weighted by molar-refractivity contribution is 6.52. The average Bonchev–Trinajstić information content (AvgIpc) is 3.01. The van der Waals surface area contributed by atoms with Crippen molar-refractivity contribution in [1.82, 2.24) is 14.9 Å². The van der Waals surface area contributed by atoms with Crippen molar-refractivity contribution in [2.75, 3.05) is 27.2 Å². The van der Waals surface area contributed by atoms with Crippen molar-refractivity contribution in [2.45, 2.75) is 6.42 Å². The lowest BCUT2D eigenvalue weighted by molar-refractivity contribution is 0.0940. The molecule has 1 aliphatic carbocycles. The molecule has 2 aromatic heterocycles. The molecule has 0 aliphatic heterocycles. The number of aromatic nitrogens is 2. The number of hydrogen-bond donors (Lipinski definition) is 0. The Kier molecular flexibility index (Phi) is 5.17. The molecule has 0 N–H and O–H groups in total. The Morgan fingerprint density at radius 1 is 1.27 bits per heavy atom. The van der Waals surface area contributed by atoms with E-state index >= 15 is 0 Å². The molecule has 0 saturated heterocycles. The first-order valence-electron chi connectivity index (χ1n) is 7.56. The highest BCUT2D eigenvalue weighted by Crippen LogP contribution is 2.32. The minimum absolute atomic E-state index is 0.00494. The number of hydrogen-bond acceptors (Lipinski definition) is 7. The van der Waals surface area contributed by atoms with Crippen LogP contribution in [0.25, 0.3) is 11.5 Å². The van der Waals surface area contributed by atoms with Gasteiger partial charge in [0.15, 0.2) is 16.7 Å². The number of carbonyl (C=O) groups excluding carboxylic acids is 2. The van der Waals surface area contributed by atoms with Gasteiger partial charge in [-0.3, -0.25) is 14.6 Å². The SMILES string of the molecule is CN(C)CCN=C1CC(=O)c2oc(-c3cc(F)c(Cl)nc3Cl)nc2C1=O. The van der Waals surface area contributed by atoms with Crippen LogP contribution in [-0.2, 0) is 0 Å². The maximum Gasteiger partial charge on any atom is 0.230 e. The third-order valence-electron chi connectivity index (χ3n) is 3.65. The molecule has 0 unspecified atom stereocenters. The van der Waals surface area contributed by atoms with E-state index in [9.17, 15) is 14.0 Å². The number of ketones is 2. The molecule has 0 spiro atoms. The molecule has 0 amide bonds. The van der Waals surface area contributed by atoms with Crippen molar-refractivity contribution in [1.29, 1.82) is 0 Å². The zero-order chi connectivity index (χ0) is 19.0. The number of aliphatic imine (C=N–C) groups is 1. The maximum absolute atomic E-state index is 13.7. The lowest BCUT2D eigenvalue weighted by Gasteiger charge is -2.10. The summed E-state index contributed by atoms with van der Waals surface area (Å²) >= 11 is 11.5. The van der Waals surface area contributed by atoms with Crippen LogP contribution < -0.4 is 0 Å². The van der Waals surface area contributed by atoms with Crippen LogP contribution in [0.3, 0.4) is 0 Å². The number of halogens is 3. The van der Waals surface area contributed by atoms with Crippen molar-refractivity contribution in [3.63, 3.8) is 0 Å². The summed E-state index contributed by atoms with van der Waals surface area (Å²) in [4.78, 5) is 38.5. The first-order chi connectivity index (χ1) is 12.3. The minimum Gasteiger partial charge on any atom is -0.432 e. The quantitative estimate of drug-likeness (QED) is 0.735. The van der Waals surface area contributed by atoms with Crippen molar-refractivity contribution in [3.05, 3.63) is 33.6 Å². The molecule has 0 radical (unpaired) electrons. The number of rotatable bonds is 4. The van der Waals surface area contributed by atoms with Gasteiger partial charge >= 0.3 is 0 Å². The standard InChI is InChI=1S/C16H13Cl2FN4O3/c1-23(2)4-3-20-9-6-10(24)13-11(12(9)25)21-16(26-13)7-5-8(19)15(18)22-14(7)17/h5H,3-4,6H2,1-2H3. The number of carbonyl (C=O) groups is 2. The molecular weight excluding hydrogens is 386 g/mol. The summed E-state index contributed by atoms with van der Waals surface area (Å²) in [5.74, 6) is -2.12. The fourth-order valence-electron chi connectivity index (χ4n) is 2.34. The van der Waals surface area contributed by atoms with Crippen molar-refractivity contribution >= 4 is 40.5 Å². The maximum atomic E-state index is 13.7. The second kappa shape index (κ2) is 7.22. The Morgan fingerprint density at radius 3 is 2.69 bits per heavy atom. The van der Waals surface area contributed by atoms with Crippen LogP contribution in [0.4, 0.5) is 4.39 Å². The van der Waals surface area contributed by atoms with Crippen molar-refractivity contribution in [2.24, 2.45) is 4.99 Å². The van der Waals surface area contributed by atoms with Gasteiger partial charge in [0.25, 0.3) is 0 Å². The molecule has 0 bridgehead atoms. The van der Waals surface area contributed by atoms with E-state index in [1.165, 1.54) is 0 Å². The number of Topliss-reactive ketones (excluding diaryl/α,β-unsaturated/α-hetero) is 2. The summed E-state index contributed by atoms with van der Waals surface area (Å²) < 4.78 is 19.0. The predicted octanol–water partition coefficient (Wildman–Crippen LogP) is 2.95. The second-order valence-corrected chi connectivity index (χ2v) is 6.57. The number of likely N-dealkylation sites (N-methyl/N-ethyl adjacent to an activating group) is 1. The lowest BCUT2D eigenvalue weighted by Crippen LogP contribution is -2.27. The monoisotopic (exact) mass is 398 g/mol. The fourth-order valence-corrected chi connectivity index (χ4v) is 2.74. The summed E-state index contributed by atoms with van der Waals surface area (Å²) in [6.45, 7) is 1.01. The largest absolute Gasteiger partial charge is 0.432 e. The molecule has 26 heavy (non-hydrogen) atoms. The van der Waals surface area contributed by atoms with Gasteiger partial charge in [0, 0.05) is 6.54 Å². The Morgan fingerprint density at radius 2 is 2.00 bits per heavy atom. The van der Waals surface area contributed by atoms with Gasteiger partial charge in [-0.15, -0.1) is 0 Å². The van der Waals surface area contributed by atoms with E-state index in [2.05, 4.69) is 15.0 Å². The van der Waals surface area contributed by atoms with Crippen LogP contribution in [0.15, 0.2) is 15.5 Å². The van der Waals surface area contributed by atoms with Gasteiger partial charge in [-0.1, -0.05) is 23.2 Å². The van der Waals surface area contributed by atoms with E-state index in [1.807, 2.05) is 19.0 Å². The van der Waals surface area contributed by atoms with E-state index < -0.39 is 22.5 Å². The van der Waals surface area contributed by atoms with Crippen LogP contribution in [0.2, 0.25) is 10.3 Å². The number of fused-ring (bicyclic) bond motifs is 1. The van der Waals surface area contributed by atoms with Crippen molar-refractivity contribution in [3.8, 4) is 11.5 Å². The number of nitrogens with zero attached hydrogens (tertiary/aromatic N) is 4. The Hall–Kier alpha value is -2.16. The van der Waals surface area contributed by atoms with Crippen molar-refractivity contribution < 1.29 is 18.4 Å². The van der Waals surface area contributed by atoms with Gasteiger partial charge < -0.3 is 9.32 Å². The molecule has 7 nitrogen and oxygen atoms in total. The normalized spacial score (nSPS) is 15.8. The summed E-state index contributed by atoms with van der Waals surface area (Å²) in [5, 5.41) is -0.563. The first-order valence-corrected chi connectivity index (χ1v) is 8.32. The predicted molar refractivity (Wildman–Crippen MR) is 93.8 cm³/mol. The van der Waals surface area contributed by atoms with Gasteiger partial charge in [-0.2, -0.15) is 0 Å². The highest BCUT2D eigenvalue weighted by Gasteiger charge is 2.35. The lowest BCUT2D eigenvalue weighted by atomic mass is 9.97. The fraction of sp³-hybridized carbons (Fsp3) is 0.312. The summed E-state index contributed by atoms with van der Waals surface area (Å²) in [6.07, 6.45) is -0.172. The molecule has 136 valence electrons. The van der Waals surface area contributed by atoms with Gasteiger partial charge in [-0.25, -0.2) is 14.4 Å². The zero-order valence-electron chi connectivity index (χ0n) is 13.8. The molecule has 0 aromatic carbocycles. The first kappa shape index (κ1) is 18.6. The molecule has 0 atom stereocenters. The third kappa shape index (κ3) is 3.53. The van der Waals surface area contributed by atoms with Crippen LogP contribution in [-0.4, -0.2) is 59.3 Å².